The maximum Gasteiger partial charge on any atom is 0.0850 e. The van der Waals surface area contributed by atoms with Crippen LogP contribution in [0.3, 0.4) is 0 Å². The maximum atomic E-state index is 5.93. The lowest BCUT2D eigenvalue weighted by molar-refractivity contribution is -0.0517. The summed E-state index contributed by atoms with van der Waals surface area (Å²) in [5.41, 5.74) is 6.46. The average molecular weight is 226 g/mol. The summed E-state index contributed by atoms with van der Waals surface area (Å²) in [6, 6.07) is 0.914. The number of nitrogens with zero attached hydrogens (tertiary/aromatic N) is 1. The molecule has 0 aromatic rings. The van der Waals surface area contributed by atoms with Crippen LogP contribution in [0.5, 0.6) is 0 Å². The molecule has 0 amide bonds. The highest BCUT2D eigenvalue weighted by Gasteiger charge is 2.36. The first-order valence-electron chi connectivity index (χ1n) is 6.59. The number of rotatable bonds is 2. The summed E-state index contributed by atoms with van der Waals surface area (Å²) < 4.78 is 5.71. The Balaban J connectivity index is 1.90. The lowest BCUT2D eigenvalue weighted by Crippen LogP contribution is -2.52. The number of ether oxygens (including phenoxy) is 1. The molecule has 1 aliphatic carbocycles. The van der Waals surface area contributed by atoms with E-state index in [0.717, 1.165) is 25.7 Å². The number of hydrogen-bond donors (Lipinski definition) is 1. The van der Waals surface area contributed by atoms with Crippen LogP contribution in [0.15, 0.2) is 0 Å². The molecule has 1 heterocycles. The van der Waals surface area contributed by atoms with Crippen LogP contribution in [0.4, 0.5) is 0 Å². The summed E-state index contributed by atoms with van der Waals surface area (Å²) in [6.45, 7) is 9.78. The summed E-state index contributed by atoms with van der Waals surface area (Å²) in [5, 5.41) is 0. The van der Waals surface area contributed by atoms with Crippen LogP contribution in [-0.4, -0.2) is 42.8 Å². The minimum atomic E-state index is 0.150. The van der Waals surface area contributed by atoms with Gasteiger partial charge in [-0.1, -0.05) is 13.8 Å². The summed E-state index contributed by atoms with van der Waals surface area (Å²) in [4.78, 5) is 2.60. The first-order chi connectivity index (χ1) is 7.48. The van der Waals surface area contributed by atoms with E-state index in [1.54, 1.807) is 0 Å². The predicted molar refractivity (Wildman–Crippen MR) is 66.4 cm³/mol. The third-order valence-electron chi connectivity index (χ3n) is 4.17. The van der Waals surface area contributed by atoms with E-state index >= 15 is 0 Å². The van der Waals surface area contributed by atoms with E-state index < -0.39 is 0 Å². The van der Waals surface area contributed by atoms with Crippen molar-refractivity contribution in [3.63, 3.8) is 0 Å². The zero-order valence-electron chi connectivity index (χ0n) is 10.9. The molecule has 0 spiro atoms. The molecule has 94 valence electrons. The van der Waals surface area contributed by atoms with E-state index in [1.165, 1.54) is 19.3 Å². The molecule has 1 saturated carbocycles. The fraction of sp³-hybridized carbons (Fsp3) is 1.00. The molecule has 3 atom stereocenters. The van der Waals surface area contributed by atoms with Crippen molar-refractivity contribution in [3.05, 3.63) is 0 Å². The van der Waals surface area contributed by atoms with Crippen molar-refractivity contribution < 1.29 is 4.74 Å². The van der Waals surface area contributed by atoms with Crippen molar-refractivity contribution >= 4 is 0 Å². The Morgan fingerprint density at radius 2 is 2.19 bits per heavy atom. The van der Waals surface area contributed by atoms with Gasteiger partial charge >= 0.3 is 0 Å². The molecule has 0 bridgehead atoms. The normalized spacial score (nSPS) is 37.5. The Morgan fingerprint density at radius 3 is 2.75 bits per heavy atom. The molecule has 0 aromatic carbocycles. The first kappa shape index (κ1) is 12.3. The van der Waals surface area contributed by atoms with E-state index in [9.17, 15) is 0 Å². The van der Waals surface area contributed by atoms with Gasteiger partial charge in [-0.3, -0.25) is 4.90 Å². The zero-order chi connectivity index (χ0) is 11.8. The Morgan fingerprint density at radius 1 is 1.44 bits per heavy atom. The summed E-state index contributed by atoms with van der Waals surface area (Å²) in [7, 11) is 0. The number of hydrogen-bond acceptors (Lipinski definition) is 3. The smallest absolute Gasteiger partial charge is 0.0850 e. The molecule has 1 saturated heterocycles. The summed E-state index contributed by atoms with van der Waals surface area (Å²) in [5.74, 6) is 0. The van der Waals surface area contributed by atoms with Crippen LogP contribution in [0.25, 0.3) is 0 Å². The topological polar surface area (TPSA) is 38.5 Å². The zero-order valence-corrected chi connectivity index (χ0v) is 10.9. The molecule has 1 aliphatic heterocycles. The van der Waals surface area contributed by atoms with Gasteiger partial charge in [0.2, 0.25) is 0 Å². The first-order valence-corrected chi connectivity index (χ1v) is 6.59. The van der Waals surface area contributed by atoms with Crippen molar-refractivity contribution in [1.29, 1.82) is 0 Å². The highest BCUT2D eigenvalue weighted by molar-refractivity contribution is 4.90. The third kappa shape index (κ3) is 2.76. The number of morpholine rings is 1. The van der Waals surface area contributed by atoms with Gasteiger partial charge < -0.3 is 10.5 Å². The molecule has 2 N–H and O–H groups in total. The maximum absolute atomic E-state index is 5.93. The van der Waals surface area contributed by atoms with Crippen LogP contribution in [0.2, 0.25) is 0 Å². The Hall–Kier alpha value is -0.120. The van der Waals surface area contributed by atoms with E-state index in [4.69, 9.17) is 10.5 Å². The Kier molecular flexibility index (Phi) is 3.57. The van der Waals surface area contributed by atoms with Crippen molar-refractivity contribution in [2.24, 2.45) is 11.1 Å². The van der Waals surface area contributed by atoms with Gasteiger partial charge in [0.1, 0.15) is 0 Å². The molecular weight excluding hydrogens is 200 g/mol. The summed E-state index contributed by atoms with van der Waals surface area (Å²) >= 11 is 0. The second-order valence-electron chi connectivity index (χ2n) is 6.32. The molecule has 3 heteroatoms. The molecule has 16 heavy (non-hydrogen) atoms. The van der Waals surface area contributed by atoms with Gasteiger partial charge in [0.05, 0.1) is 12.7 Å². The molecule has 2 rings (SSSR count). The van der Waals surface area contributed by atoms with Crippen LogP contribution in [0.1, 0.15) is 40.0 Å². The van der Waals surface area contributed by atoms with Crippen LogP contribution >= 0.6 is 0 Å². The van der Waals surface area contributed by atoms with Crippen LogP contribution in [-0.2, 0) is 4.74 Å². The highest BCUT2D eigenvalue weighted by Crippen LogP contribution is 2.39. The van der Waals surface area contributed by atoms with Crippen LogP contribution in [0, 0.1) is 5.41 Å². The van der Waals surface area contributed by atoms with E-state index in [0.29, 0.717) is 5.41 Å². The standard InChI is InChI=1S/C13H26N2O/c1-10(14)12-9-15(6-7-16-12)11-4-5-13(2,3)8-11/h10-12H,4-9,14H2,1-3H3. The molecule has 2 fully saturated rings. The molecule has 2 aliphatic rings. The van der Waals surface area contributed by atoms with Gasteiger partial charge in [-0.25, -0.2) is 0 Å². The largest absolute Gasteiger partial charge is 0.374 e. The van der Waals surface area contributed by atoms with E-state index in [-0.39, 0.29) is 12.1 Å². The molecule has 3 nitrogen and oxygen atoms in total. The Labute approximate surface area is 99.3 Å². The van der Waals surface area contributed by atoms with Gasteiger partial charge in [-0.2, -0.15) is 0 Å². The molecule has 0 radical (unpaired) electrons. The average Bonchev–Trinajstić information content (AvgIpc) is 2.59. The van der Waals surface area contributed by atoms with Gasteiger partial charge in [0, 0.05) is 25.2 Å². The van der Waals surface area contributed by atoms with Gasteiger partial charge in [-0.05, 0) is 31.6 Å². The minimum absolute atomic E-state index is 0.150. The van der Waals surface area contributed by atoms with Crippen molar-refractivity contribution in [1.82, 2.24) is 4.90 Å². The predicted octanol–water partition coefficient (Wildman–Crippen LogP) is 1.61. The fourth-order valence-corrected chi connectivity index (χ4v) is 3.06. The fourth-order valence-electron chi connectivity index (χ4n) is 3.06. The van der Waals surface area contributed by atoms with E-state index in [1.807, 2.05) is 6.92 Å². The van der Waals surface area contributed by atoms with Gasteiger partial charge in [0.15, 0.2) is 0 Å². The van der Waals surface area contributed by atoms with E-state index in [2.05, 4.69) is 18.7 Å². The SMILES string of the molecule is CC(N)C1CN(C2CCC(C)(C)C2)CCO1. The second-order valence-corrected chi connectivity index (χ2v) is 6.32. The van der Waals surface area contributed by atoms with Crippen LogP contribution < -0.4 is 5.73 Å². The quantitative estimate of drug-likeness (QED) is 0.777. The summed E-state index contributed by atoms with van der Waals surface area (Å²) in [6.07, 6.45) is 4.27. The lowest BCUT2D eigenvalue weighted by Gasteiger charge is -2.38. The van der Waals surface area contributed by atoms with Gasteiger partial charge in [-0.15, -0.1) is 0 Å². The second kappa shape index (κ2) is 4.63. The Bertz CT molecular complexity index is 240. The molecule has 3 unspecified atom stereocenters. The highest BCUT2D eigenvalue weighted by atomic mass is 16.5. The minimum Gasteiger partial charge on any atom is -0.374 e. The number of nitrogens with two attached hydrogens (primary N) is 1. The van der Waals surface area contributed by atoms with Crippen molar-refractivity contribution in [2.75, 3.05) is 19.7 Å². The monoisotopic (exact) mass is 226 g/mol. The van der Waals surface area contributed by atoms with Crippen molar-refractivity contribution in [2.45, 2.75) is 58.2 Å². The molecule has 0 aromatic heterocycles. The lowest BCUT2D eigenvalue weighted by atomic mass is 9.91. The van der Waals surface area contributed by atoms with Crippen molar-refractivity contribution in [3.8, 4) is 0 Å². The molecular formula is C13H26N2O. The van der Waals surface area contributed by atoms with Gasteiger partial charge in [0.25, 0.3) is 0 Å². The third-order valence-corrected chi connectivity index (χ3v) is 4.17.